The summed E-state index contributed by atoms with van der Waals surface area (Å²) in [5.74, 6) is -0.856. The van der Waals surface area contributed by atoms with Gasteiger partial charge >= 0.3 is 5.97 Å². The Morgan fingerprint density at radius 2 is 2.11 bits per heavy atom. The second kappa shape index (κ2) is 6.57. The third-order valence-corrected chi connectivity index (χ3v) is 5.01. The van der Waals surface area contributed by atoms with Crippen molar-refractivity contribution in [1.29, 1.82) is 0 Å². The van der Waals surface area contributed by atoms with Crippen LogP contribution in [0.4, 0.5) is 0 Å². The molecule has 0 amide bonds. The number of carbonyl (C=O) groups is 2. The zero-order valence-electron chi connectivity index (χ0n) is 15.2. The van der Waals surface area contributed by atoms with Gasteiger partial charge in [-0.1, -0.05) is 13.8 Å². The van der Waals surface area contributed by atoms with Gasteiger partial charge in [-0.05, 0) is 36.5 Å². The Labute approximate surface area is 156 Å². The molecule has 0 radical (unpaired) electrons. The molecule has 2 atom stereocenters. The number of carboxylic acids is 1. The highest BCUT2D eigenvalue weighted by molar-refractivity contribution is 6.26. The van der Waals surface area contributed by atoms with Gasteiger partial charge in [-0.25, -0.2) is 9.78 Å². The smallest absolute Gasteiger partial charge is 0.345 e. The maximum atomic E-state index is 12.7. The third kappa shape index (κ3) is 3.09. The Kier molecular flexibility index (Phi) is 4.22. The number of Topliss-reactive ketones (excluding diaryl/α,β-unsaturated/α-hetero) is 1. The van der Waals surface area contributed by atoms with E-state index in [0.717, 1.165) is 17.4 Å². The zero-order valence-corrected chi connectivity index (χ0v) is 15.2. The van der Waals surface area contributed by atoms with Crippen LogP contribution in [0, 0.1) is 11.8 Å². The maximum absolute atomic E-state index is 12.7. The molecular weight excluding hydrogens is 346 g/mol. The molecule has 7 heteroatoms. The monoisotopic (exact) mass is 367 g/mol. The van der Waals surface area contributed by atoms with E-state index in [1.54, 1.807) is 24.5 Å². The van der Waals surface area contributed by atoms with Gasteiger partial charge in [0.2, 0.25) is 11.7 Å². The summed E-state index contributed by atoms with van der Waals surface area (Å²) in [6, 6.07) is 3.68. The number of allylic oxidation sites excluding steroid dienone is 1. The first-order valence-electron chi connectivity index (χ1n) is 9.03. The Hall–Kier alpha value is -3.09. The number of aromatic nitrogens is 2. The number of carbonyl (C=O) groups excluding carboxylic acids is 1. The Morgan fingerprint density at radius 3 is 2.81 bits per heavy atom. The molecule has 27 heavy (non-hydrogen) atoms. The number of fused-ring (bicyclic) bond motifs is 1. The van der Waals surface area contributed by atoms with Crippen molar-refractivity contribution in [3.8, 4) is 0 Å². The molecule has 2 aromatic rings. The number of aliphatic carboxylic acids is 1. The largest absolute Gasteiger partial charge is 0.477 e. The number of hydrogen-bond acceptors (Lipinski definition) is 5. The van der Waals surface area contributed by atoms with Gasteiger partial charge in [-0.2, -0.15) is 0 Å². The average Bonchev–Trinajstić information content (AvgIpc) is 3.16. The van der Waals surface area contributed by atoms with Crippen LogP contribution in [0.1, 0.15) is 25.8 Å². The fourth-order valence-corrected chi connectivity index (χ4v) is 3.99. The molecule has 1 saturated heterocycles. The van der Waals surface area contributed by atoms with Crippen LogP contribution in [0.25, 0.3) is 17.1 Å². The summed E-state index contributed by atoms with van der Waals surface area (Å²) in [6.45, 7) is 5.59. The van der Waals surface area contributed by atoms with Crippen molar-refractivity contribution in [2.45, 2.75) is 20.3 Å². The highest BCUT2D eigenvalue weighted by Crippen LogP contribution is 2.34. The normalized spacial score (nSPS) is 24.7. The van der Waals surface area contributed by atoms with E-state index in [-0.39, 0.29) is 17.2 Å². The number of hydrogen-bond donors (Lipinski definition) is 2. The van der Waals surface area contributed by atoms with Crippen LogP contribution in [0.2, 0.25) is 0 Å². The number of nitrogens with one attached hydrogen (secondary N) is 1. The Bertz CT molecular complexity index is 978. The minimum Gasteiger partial charge on any atom is -0.477 e. The first-order valence-corrected chi connectivity index (χ1v) is 9.03. The summed E-state index contributed by atoms with van der Waals surface area (Å²) in [7, 11) is 0. The number of piperidine rings is 1. The lowest BCUT2D eigenvalue weighted by Crippen LogP contribution is -2.38. The molecule has 1 fully saturated rings. The van der Waals surface area contributed by atoms with Crippen molar-refractivity contribution in [2.24, 2.45) is 11.8 Å². The number of ether oxygens (including phenoxy) is 1. The van der Waals surface area contributed by atoms with Crippen LogP contribution in [-0.4, -0.2) is 44.8 Å². The van der Waals surface area contributed by atoms with E-state index in [9.17, 15) is 14.7 Å². The molecule has 0 aliphatic carbocycles. The van der Waals surface area contributed by atoms with Gasteiger partial charge < -0.3 is 19.7 Å². The summed E-state index contributed by atoms with van der Waals surface area (Å²) in [4.78, 5) is 33.6. The van der Waals surface area contributed by atoms with Crippen molar-refractivity contribution in [3.63, 3.8) is 0 Å². The first kappa shape index (κ1) is 17.3. The standard InChI is InChI=1S/C20H21N3O4/c1-11-6-12(2)10-23(9-11)19-16(20(25)26)17(24)15(27-19)7-13-8-22-18-14(13)4-3-5-21-18/h3-5,7-8,11-12H,6,9-10H2,1-2H3,(H,21,22)(H,25,26)/b15-7-/t11-,12+. The number of carboxylic acid groups (broad SMARTS) is 1. The second-order valence-electron chi connectivity index (χ2n) is 7.42. The predicted octanol–water partition coefficient (Wildman–Crippen LogP) is 2.78. The fourth-order valence-electron chi connectivity index (χ4n) is 3.99. The molecule has 7 nitrogen and oxygen atoms in total. The minimum atomic E-state index is -1.26. The SMILES string of the molecule is C[C@@H]1C[C@H](C)CN(C2=C(C(=O)O)C(=O)/C(=C/c3c[nH]c4ncccc34)O2)C1. The van der Waals surface area contributed by atoms with Crippen molar-refractivity contribution in [2.75, 3.05) is 13.1 Å². The van der Waals surface area contributed by atoms with Crippen molar-refractivity contribution < 1.29 is 19.4 Å². The number of H-pyrrole nitrogens is 1. The predicted molar refractivity (Wildman–Crippen MR) is 99.3 cm³/mol. The van der Waals surface area contributed by atoms with E-state index in [2.05, 4.69) is 23.8 Å². The van der Waals surface area contributed by atoms with Crippen molar-refractivity contribution in [1.82, 2.24) is 14.9 Å². The average molecular weight is 367 g/mol. The molecule has 4 heterocycles. The van der Waals surface area contributed by atoms with Gasteiger partial charge in [0.1, 0.15) is 5.65 Å². The van der Waals surface area contributed by atoms with Gasteiger partial charge in [0.05, 0.1) is 0 Å². The molecule has 4 rings (SSSR count). The van der Waals surface area contributed by atoms with Gasteiger partial charge in [0.25, 0.3) is 0 Å². The molecule has 0 bridgehead atoms. The summed E-state index contributed by atoms with van der Waals surface area (Å²) in [5, 5.41) is 10.4. The third-order valence-electron chi connectivity index (χ3n) is 5.01. The molecule has 140 valence electrons. The van der Waals surface area contributed by atoms with Crippen LogP contribution in [0.15, 0.2) is 41.7 Å². The number of nitrogens with zero attached hydrogens (tertiary/aromatic N) is 2. The lowest BCUT2D eigenvalue weighted by molar-refractivity contribution is -0.134. The highest BCUT2D eigenvalue weighted by atomic mass is 16.5. The number of aromatic amines is 1. The summed E-state index contributed by atoms with van der Waals surface area (Å²) in [5.41, 5.74) is 1.13. The molecule has 2 aliphatic rings. The highest BCUT2D eigenvalue weighted by Gasteiger charge is 2.40. The molecule has 0 spiro atoms. The summed E-state index contributed by atoms with van der Waals surface area (Å²) >= 11 is 0. The number of ketones is 1. The van der Waals surface area contributed by atoms with E-state index in [4.69, 9.17) is 4.74 Å². The lowest BCUT2D eigenvalue weighted by Gasteiger charge is -2.36. The quantitative estimate of drug-likeness (QED) is 0.640. The first-order chi connectivity index (χ1) is 12.9. The fraction of sp³-hybridized carbons (Fsp3) is 0.350. The summed E-state index contributed by atoms with van der Waals surface area (Å²) in [6.07, 6.45) is 6.05. The Balaban J connectivity index is 1.70. The molecule has 2 aromatic heterocycles. The number of likely N-dealkylation sites (tertiary alicyclic amines) is 1. The topological polar surface area (TPSA) is 95.5 Å². The van der Waals surface area contributed by atoms with Crippen LogP contribution in [0.3, 0.4) is 0 Å². The van der Waals surface area contributed by atoms with E-state index in [1.807, 2.05) is 11.0 Å². The molecule has 2 aliphatic heterocycles. The van der Waals surface area contributed by atoms with E-state index in [0.29, 0.717) is 30.6 Å². The van der Waals surface area contributed by atoms with Crippen LogP contribution in [-0.2, 0) is 14.3 Å². The molecule has 0 unspecified atom stereocenters. The summed E-state index contributed by atoms with van der Waals surface area (Å²) < 4.78 is 5.81. The van der Waals surface area contributed by atoms with Crippen LogP contribution in [0.5, 0.6) is 0 Å². The van der Waals surface area contributed by atoms with E-state index >= 15 is 0 Å². The second-order valence-corrected chi connectivity index (χ2v) is 7.42. The van der Waals surface area contributed by atoms with Crippen LogP contribution < -0.4 is 0 Å². The minimum absolute atomic E-state index is 0.0260. The van der Waals surface area contributed by atoms with Crippen LogP contribution >= 0.6 is 0 Å². The van der Waals surface area contributed by atoms with Gasteiger partial charge in [-0.15, -0.1) is 0 Å². The van der Waals surface area contributed by atoms with E-state index in [1.165, 1.54) is 0 Å². The van der Waals surface area contributed by atoms with Crippen molar-refractivity contribution >= 4 is 28.9 Å². The maximum Gasteiger partial charge on any atom is 0.345 e. The van der Waals surface area contributed by atoms with Gasteiger partial charge in [-0.3, -0.25) is 4.79 Å². The van der Waals surface area contributed by atoms with E-state index < -0.39 is 11.8 Å². The molecule has 0 aromatic carbocycles. The molecule has 0 saturated carbocycles. The van der Waals surface area contributed by atoms with Gasteiger partial charge in [0.15, 0.2) is 11.3 Å². The zero-order chi connectivity index (χ0) is 19.1. The van der Waals surface area contributed by atoms with Crippen molar-refractivity contribution in [3.05, 3.63) is 47.3 Å². The van der Waals surface area contributed by atoms with Gasteiger partial charge in [0, 0.05) is 36.4 Å². The number of pyridine rings is 1. The molecule has 2 N–H and O–H groups in total. The lowest BCUT2D eigenvalue weighted by atomic mass is 9.92. The number of rotatable bonds is 3. The molecular formula is C20H21N3O4. The Morgan fingerprint density at radius 1 is 1.37 bits per heavy atom.